The molecule has 0 saturated carbocycles. The first kappa shape index (κ1) is 28.0. The van der Waals surface area contributed by atoms with Crippen molar-refractivity contribution in [1.29, 1.82) is 0 Å². The van der Waals surface area contributed by atoms with Gasteiger partial charge in [-0.15, -0.1) is 0 Å². The van der Waals surface area contributed by atoms with Gasteiger partial charge in [0.1, 0.15) is 6.29 Å². The molecule has 0 fully saturated rings. The predicted molar refractivity (Wildman–Crippen MR) is 136 cm³/mol. The molecule has 2 aromatic rings. The number of ketones is 1. The van der Waals surface area contributed by atoms with Crippen LogP contribution in [0.1, 0.15) is 49.0 Å². The van der Waals surface area contributed by atoms with Gasteiger partial charge in [-0.1, -0.05) is 44.2 Å². The van der Waals surface area contributed by atoms with Gasteiger partial charge in [0.25, 0.3) is 5.91 Å². The van der Waals surface area contributed by atoms with E-state index < -0.39 is 30.4 Å². The number of hydrogen-bond acceptors (Lipinski definition) is 6. The maximum Gasteiger partial charge on any atom is 0.305 e. The van der Waals surface area contributed by atoms with E-state index >= 15 is 0 Å². The standard InChI is InChI=1S/C27H31N3O6/c1-17(2)26(30-27(36)18-7-4-3-5-8-18)23(32)14-20(19-9-6-10-21(28)13-19)11-12-24(33)29-22(16-31)15-25(34)35/h3-10,13-14,16-17,22,26H,11-12,15,28H2,1-2H3,(H,29,33)(H,30,36)(H,34,35). The van der Waals surface area contributed by atoms with Crippen LogP contribution >= 0.6 is 0 Å². The average molecular weight is 494 g/mol. The zero-order valence-electron chi connectivity index (χ0n) is 20.3. The zero-order chi connectivity index (χ0) is 26.7. The lowest BCUT2D eigenvalue weighted by molar-refractivity contribution is -0.138. The predicted octanol–water partition coefficient (Wildman–Crippen LogP) is 2.61. The highest BCUT2D eigenvalue weighted by Crippen LogP contribution is 2.23. The van der Waals surface area contributed by atoms with Crippen LogP contribution < -0.4 is 16.4 Å². The molecule has 0 aliphatic heterocycles. The smallest absolute Gasteiger partial charge is 0.305 e. The molecular formula is C27H31N3O6. The minimum atomic E-state index is -1.21. The Morgan fingerprint density at radius 1 is 0.944 bits per heavy atom. The largest absolute Gasteiger partial charge is 0.481 e. The second-order valence-electron chi connectivity index (χ2n) is 8.67. The molecule has 0 aliphatic rings. The fourth-order valence-electron chi connectivity index (χ4n) is 3.53. The Morgan fingerprint density at radius 3 is 2.19 bits per heavy atom. The molecule has 9 nitrogen and oxygen atoms in total. The average Bonchev–Trinajstić information content (AvgIpc) is 2.84. The van der Waals surface area contributed by atoms with Gasteiger partial charge in [0, 0.05) is 17.7 Å². The summed E-state index contributed by atoms with van der Waals surface area (Å²) in [6.45, 7) is 3.63. The minimum Gasteiger partial charge on any atom is -0.481 e. The number of anilines is 1. The van der Waals surface area contributed by atoms with Crippen LogP contribution in [0.25, 0.3) is 5.57 Å². The monoisotopic (exact) mass is 493 g/mol. The van der Waals surface area contributed by atoms with Crippen molar-refractivity contribution in [1.82, 2.24) is 10.6 Å². The van der Waals surface area contributed by atoms with E-state index in [0.29, 0.717) is 28.7 Å². The number of carbonyl (C=O) groups is 5. The molecule has 190 valence electrons. The molecule has 2 unspecified atom stereocenters. The summed E-state index contributed by atoms with van der Waals surface area (Å²) in [5.41, 5.74) is 7.95. The molecule has 9 heteroatoms. The Labute approximate surface area is 209 Å². The molecule has 5 N–H and O–H groups in total. The van der Waals surface area contributed by atoms with Gasteiger partial charge in [-0.05, 0) is 53.8 Å². The number of carboxylic acid groups (broad SMARTS) is 1. The third kappa shape index (κ3) is 8.83. The lowest BCUT2D eigenvalue weighted by atomic mass is 9.93. The van der Waals surface area contributed by atoms with Gasteiger partial charge in [0.15, 0.2) is 5.78 Å². The molecule has 0 radical (unpaired) electrons. The highest BCUT2D eigenvalue weighted by atomic mass is 16.4. The van der Waals surface area contributed by atoms with Crippen LogP contribution in [0.2, 0.25) is 0 Å². The summed E-state index contributed by atoms with van der Waals surface area (Å²) in [4.78, 5) is 60.2. The molecule has 2 atom stereocenters. The Hall–Kier alpha value is -4.27. The number of benzene rings is 2. The van der Waals surface area contributed by atoms with Crippen LogP contribution in [0.5, 0.6) is 0 Å². The molecule has 0 heterocycles. The minimum absolute atomic E-state index is 0.0966. The van der Waals surface area contributed by atoms with E-state index in [1.54, 1.807) is 54.6 Å². The summed E-state index contributed by atoms with van der Waals surface area (Å²) in [5.74, 6) is -2.68. The Bertz CT molecular complexity index is 1130. The van der Waals surface area contributed by atoms with Crippen LogP contribution in [0.3, 0.4) is 0 Å². The fraction of sp³-hybridized carbons (Fsp3) is 0.296. The number of allylic oxidation sites excluding steroid dienone is 1. The van der Waals surface area contributed by atoms with Crippen molar-refractivity contribution in [3.8, 4) is 0 Å². The maximum atomic E-state index is 13.3. The van der Waals surface area contributed by atoms with Crippen molar-refractivity contribution in [2.75, 3.05) is 5.73 Å². The van der Waals surface area contributed by atoms with Crippen LogP contribution in [-0.2, 0) is 19.2 Å². The van der Waals surface area contributed by atoms with Crippen molar-refractivity contribution < 1.29 is 29.1 Å². The van der Waals surface area contributed by atoms with E-state index in [9.17, 15) is 24.0 Å². The van der Waals surface area contributed by atoms with Crippen LogP contribution in [0.4, 0.5) is 5.69 Å². The zero-order valence-corrected chi connectivity index (χ0v) is 20.3. The summed E-state index contributed by atoms with van der Waals surface area (Å²) in [6.07, 6.45) is 1.26. The first-order valence-electron chi connectivity index (χ1n) is 11.5. The normalized spacial score (nSPS) is 12.9. The quantitative estimate of drug-likeness (QED) is 0.190. The Morgan fingerprint density at radius 2 is 1.61 bits per heavy atom. The lowest BCUT2D eigenvalue weighted by Gasteiger charge is -2.21. The summed E-state index contributed by atoms with van der Waals surface area (Å²) in [5, 5.41) is 14.0. The number of hydrogen-bond donors (Lipinski definition) is 4. The molecule has 0 spiro atoms. The van der Waals surface area contributed by atoms with Crippen LogP contribution in [0, 0.1) is 5.92 Å². The molecule has 0 aromatic heterocycles. The van der Waals surface area contributed by atoms with Gasteiger partial charge in [-0.25, -0.2) is 0 Å². The molecule has 0 saturated heterocycles. The van der Waals surface area contributed by atoms with Crippen LogP contribution in [-0.4, -0.2) is 47.0 Å². The Kier molecular flexibility index (Phi) is 10.5. The molecule has 36 heavy (non-hydrogen) atoms. The first-order valence-corrected chi connectivity index (χ1v) is 11.5. The number of nitrogen functional groups attached to an aromatic ring is 1. The van der Waals surface area contributed by atoms with Crippen molar-refractivity contribution >= 4 is 41.1 Å². The fourth-order valence-corrected chi connectivity index (χ4v) is 3.53. The lowest BCUT2D eigenvalue weighted by Crippen LogP contribution is -2.43. The van der Waals surface area contributed by atoms with E-state index in [1.807, 2.05) is 13.8 Å². The van der Waals surface area contributed by atoms with Crippen LogP contribution in [0.15, 0.2) is 60.7 Å². The van der Waals surface area contributed by atoms with Gasteiger partial charge in [0.05, 0.1) is 18.5 Å². The number of amides is 2. The van der Waals surface area contributed by atoms with E-state index in [1.165, 1.54) is 6.08 Å². The summed E-state index contributed by atoms with van der Waals surface area (Å²) >= 11 is 0. The number of carbonyl (C=O) groups excluding carboxylic acids is 4. The second-order valence-corrected chi connectivity index (χ2v) is 8.67. The summed E-state index contributed by atoms with van der Waals surface area (Å²) < 4.78 is 0. The van der Waals surface area contributed by atoms with E-state index in [2.05, 4.69) is 10.6 Å². The summed E-state index contributed by atoms with van der Waals surface area (Å²) in [6, 6.07) is 13.4. The molecular weight excluding hydrogens is 462 g/mol. The van der Waals surface area contributed by atoms with Crippen molar-refractivity contribution in [3.05, 3.63) is 71.8 Å². The topological polar surface area (TPSA) is 156 Å². The van der Waals surface area contributed by atoms with Gasteiger partial charge < -0.3 is 26.3 Å². The maximum absolute atomic E-state index is 13.3. The molecule has 0 aliphatic carbocycles. The second kappa shape index (κ2) is 13.6. The highest BCUT2D eigenvalue weighted by Gasteiger charge is 2.24. The SMILES string of the molecule is CC(C)C(NC(=O)c1ccccc1)C(=O)C=C(CCC(=O)NC(C=O)CC(=O)O)c1cccc(N)c1. The van der Waals surface area contributed by atoms with Crippen molar-refractivity contribution in [2.24, 2.45) is 5.92 Å². The molecule has 2 amide bonds. The number of rotatable bonds is 13. The number of nitrogens with two attached hydrogens (primary N) is 1. The molecule has 0 bridgehead atoms. The van der Waals surface area contributed by atoms with Gasteiger partial charge in [-0.2, -0.15) is 0 Å². The summed E-state index contributed by atoms with van der Waals surface area (Å²) in [7, 11) is 0. The number of nitrogens with one attached hydrogen (secondary N) is 2. The Balaban J connectivity index is 2.24. The number of aldehydes is 1. The molecule has 2 aromatic carbocycles. The van der Waals surface area contributed by atoms with E-state index in [-0.39, 0.29) is 30.4 Å². The van der Waals surface area contributed by atoms with E-state index in [4.69, 9.17) is 10.8 Å². The van der Waals surface area contributed by atoms with E-state index in [0.717, 1.165) is 0 Å². The molecule has 2 rings (SSSR count). The van der Waals surface area contributed by atoms with Gasteiger partial charge in [-0.3, -0.25) is 19.2 Å². The number of carboxylic acids is 1. The van der Waals surface area contributed by atoms with Crippen molar-refractivity contribution in [2.45, 2.75) is 45.2 Å². The third-order valence-corrected chi connectivity index (χ3v) is 5.40. The van der Waals surface area contributed by atoms with Gasteiger partial charge >= 0.3 is 5.97 Å². The third-order valence-electron chi connectivity index (χ3n) is 5.40. The number of aliphatic carboxylic acids is 1. The van der Waals surface area contributed by atoms with Crippen molar-refractivity contribution in [3.63, 3.8) is 0 Å². The first-order chi connectivity index (χ1) is 17.1. The van der Waals surface area contributed by atoms with Gasteiger partial charge in [0.2, 0.25) is 5.91 Å². The highest BCUT2D eigenvalue weighted by molar-refractivity contribution is 6.04.